The number of hydrogen-bond acceptors (Lipinski definition) is 4. The Kier molecular flexibility index (Phi) is 4.94. The Hall–Kier alpha value is -3.26. The Morgan fingerprint density at radius 1 is 1.16 bits per heavy atom. The van der Waals surface area contributed by atoms with Gasteiger partial charge in [0.25, 0.3) is 5.91 Å². The molecule has 2 aliphatic rings. The number of carbonyl (C=O) groups excluding carboxylic acids is 2. The molecule has 1 atom stereocenters. The summed E-state index contributed by atoms with van der Waals surface area (Å²) in [6, 6.07) is 12.0. The zero-order valence-electron chi connectivity index (χ0n) is 17.1. The smallest absolute Gasteiger partial charge is 0.254 e. The molecular weight excluding hydrogens is 397 g/mol. The lowest BCUT2D eigenvalue weighted by Crippen LogP contribution is -2.55. The van der Waals surface area contributed by atoms with Crippen LogP contribution in [0, 0.1) is 5.82 Å². The van der Waals surface area contributed by atoms with Crippen molar-refractivity contribution in [1.82, 2.24) is 25.1 Å². The summed E-state index contributed by atoms with van der Waals surface area (Å²) in [6.07, 6.45) is 2.69. The first-order valence-electron chi connectivity index (χ1n) is 10.5. The van der Waals surface area contributed by atoms with Gasteiger partial charge in [0.2, 0.25) is 5.91 Å². The Bertz CT molecular complexity index is 1150. The van der Waals surface area contributed by atoms with E-state index in [1.807, 2.05) is 23.1 Å². The van der Waals surface area contributed by atoms with E-state index in [1.54, 1.807) is 18.5 Å². The number of nitrogens with zero attached hydrogens (tertiary/aromatic N) is 3. The van der Waals surface area contributed by atoms with Crippen LogP contribution < -0.4 is 5.32 Å². The monoisotopic (exact) mass is 421 g/mol. The third-order valence-electron chi connectivity index (χ3n) is 6.19. The minimum absolute atomic E-state index is 0.00470. The molecule has 160 valence electrons. The third kappa shape index (κ3) is 4.03. The Morgan fingerprint density at radius 3 is 2.94 bits per heavy atom. The maximum absolute atomic E-state index is 13.6. The number of amides is 2. The average Bonchev–Trinajstić information content (AvgIpc) is 3.34. The van der Waals surface area contributed by atoms with Crippen molar-refractivity contribution >= 4 is 22.8 Å². The predicted octanol–water partition coefficient (Wildman–Crippen LogP) is 2.31. The van der Waals surface area contributed by atoms with Gasteiger partial charge in [-0.25, -0.2) is 9.37 Å². The number of likely N-dealkylation sites (tertiary alicyclic amines) is 1. The van der Waals surface area contributed by atoms with E-state index < -0.39 is 5.54 Å². The van der Waals surface area contributed by atoms with Crippen molar-refractivity contribution in [2.75, 3.05) is 26.2 Å². The van der Waals surface area contributed by atoms with E-state index in [0.29, 0.717) is 51.1 Å². The summed E-state index contributed by atoms with van der Waals surface area (Å²) >= 11 is 0. The molecule has 3 aromatic rings. The topological polar surface area (TPSA) is 81.3 Å². The summed E-state index contributed by atoms with van der Waals surface area (Å²) in [5.74, 6) is -0.318. The number of hydrogen-bond donors (Lipinski definition) is 2. The van der Waals surface area contributed by atoms with Gasteiger partial charge in [-0.3, -0.25) is 14.5 Å². The third-order valence-corrected chi connectivity index (χ3v) is 6.19. The summed E-state index contributed by atoms with van der Waals surface area (Å²) in [5.41, 5.74) is 2.63. The fourth-order valence-electron chi connectivity index (χ4n) is 4.72. The van der Waals surface area contributed by atoms with Gasteiger partial charge in [0.1, 0.15) is 5.82 Å². The molecule has 8 heteroatoms. The van der Waals surface area contributed by atoms with E-state index >= 15 is 0 Å². The van der Waals surface area contributed by atoms with Crippen LogP contribution in [0.15, 0.2) is 48.8 Å². The molecule has 31 heavy (non-hydrogen) atoms. The quantitative estimate of drug-likeness (QED) is 0.680. The number of halogens is 1. The first-order valence-corrected chi connectivity index (χ1v) is 10.5. The molecule has 2 aliphatic heterocycles. The molecule has 5 rings (SSSR count). The van der Waals surface area contributed by atoms with Crippen molar-refractivity contribution in [1.29, 1.82) is 0 Å². The summed E-state index contributed by atoms with van der Waals surface area (Å²) in [7, 11) is 0. The highest BCUT2D eigenvalue weighted by Gasteiger charge is 2.43. The van der Waals surface area contributed by atoms with Gasteiger partial charge in [-0.2, -0.15) is 0 Å². The predicted molar refractivity (Wildman–Crippen MR) is 114 cm³/mol. The number of H-pyrrole nitrogens is 1. The van der Waals surface area contributed by atoms with Crippen LogP contribution in [0.2, 0.25) is 0 Å². The average molecular weight is 421 g/mol. The fraction of sp³-hybridized carbons (Fsp3) is 0.348. The van der Waals surface area contributed by atoms with Crippen LogP contribution in [0.5, 0.6) is 0 Å². The second kappa shape index (κ2) is 7.77. The van der Waals surface area contributed by atoms with Gasteiger partial charge < -0.3 is 15.2 Å². The van der Waals surface area contributed by atoms with Crippen LogP contribution in [0.4, 0.5) is 4.39 Å². The van der Waals surface area contributed by atoms with Crippen LogP contribution >= 0.6 is 0 Å². The summed E-state index contributed by atoms with van der Waals surface area (Å²) in [5, 5.41) is 3.18. The maximum atomic E-state index is 13.6. The van der Waals surface area contributed by atoms with Crippen LogP contribution in [0.1, 0.15) is 28.8 Å². The zero-order valence-corrected chi connectivity index (χ0v) is 17.1. The van der Waals surface area contributed by atoms with Crippen LogP contribution in [0.3, 0.4) is 0 Å². The molecule has 2 N–H and O–H groups in total. The second-order valence-corrected chi connectivity index (χ2v) is 8.53. The molecule has 0 bridgehead atoms. The molecule has 0 aliphatic carbocycles. The number of nitrogens with one attached hydrogen (secondary N) is 2. The summed E-state index contributed by atoms with van der Waals surface area (Å²) in [4.78, 5) is 36.8. The Morgan fingerprint density at radius 2 is 2.06 bits per heavy atom. The van der Waals surface area contributed by atoms with Gasteiger partial charge in [-0.15, -0.1) is 0 Å². The fourth-order valence-corrected chi connectivity index (χ4v) is 4.72. The summed E-state index contributed by atoms with van der Waals surface area (Å²) < 4.78 is 13.6. The molecule has 0 saturated carbocycles. The first-order chi connectivity index (χ1) is 15.0. The number of rotatable bonds is 3. The van der Waals surface area contributed by atoms with Gasteiger partial charge in [0, 0.05) is 44.7 Å². The van der Waals surface area contributed by atoms with Crippen LogP contribution in [-0.4, -0.2) is 63.3 Å². The highest BCUT2D eigenvalue weighted by molar-refractivity contribution is 5.97. The number of aromatic nitrogens is 2. The maximum Gasteiger partial charge on any atom is 0.254 e. The second-order valence-electron chi connectivity index (χ2n) is 8.53. The molecular formula is C23H24FN5O2. The van der Waals surface area contributed by atoms with Crippen LogP contribution in [0.25, 0.3) is 11.0 Å². The van der Waals surface area contributed by atoms with Crippen molar-refractivity contribution in [3.8, 4) is 0 Å². The molecule has 0 radical (unpaired) electrons. The molecule has 2 amide bonds. The number of carbonyl (C=O) groups is 2. The lowest BCUT2D eigenvalue weighted by atomic mass is 9.97. The molecule has 2 saturated heterocycles. The molecule has 2 fully saturated rings. The van der Waals surface area contributed by atoms with Crippen LogP contribution in [-0.2, 0) is 11.3 Å². The van der Waals surface area contributed by atoms with E-state index in [4.69, 9.17) is 0 Å². The summed E-state index contributed by atoms with van der Waals surface area (Å²) in [6.45, 7) is 2.83. The van der Waals surface area contributed by atoms with Crippen molar-refractivity contribution in [3.63, 3.8) is 0 Å². The highest BCUT2D eigenvalue weighted by Crippen LogP contribution is 2.27. The largest absolute Gasteiger partial charge is 0.347 e. The molecule has 1 aromatic heterocycles. The van der Waals surface area contributed by atoms with Gasteiger partial charge in [-0.05, 0) is 42.3 Å². The minimum Gasteiger partial charge on any atom is -0.347 e. The van der Waals surface area contributed by atoms with Gasteiger partial charge in [0.15, 0.2) is 0 Å². The molecule has 2 aromatic carbocycles. The highest BCUT2D eigenvalue weighted by atomic mass is 19.1. The van der Waals surface area contributed by atoms with Crippen molar-refractivity contribution in [2.24, 2.45) is 0 Å². The van der Waals surface area contributed by atoms with Crippen molar-refractivity contribution < 1.29 is 14.0 Å². The van der Waals surface area contributed by atoms with Gasteiger partial charge in [-0.1, -0.05) is 12.1 Å². The lowest BCUT2D eigenvalue weighted by Gasteiger charge is -2.33. The molecule has 7 nitrogen and oxygen atoms in total. The molecule has 3 heterocycles. The number of aromatic amines is 1. The van der Waals surface area contributed by atoms with E-state index in [-0.39, 0.29) is 17.6 Å². The zero-order chi connectivity index (χ0) is 21.4. The Balaban J connectivity index is 1.33. The van der Waals surface area contributed by atoms with E-state index in [2.05, 4.69) is 20.2 Å². The van der Waals surface area contributed by atoms with Gasteiger partial charge >= 0.3 is 0 Å². The minimum atomic E-state index is -0.491. The number of fused-ring (bicyclic) bond motifs is 1. The standard InChI is InChI=1S/C23H24FN5O2/c24-18-3-1-2-16(10-18)12-28-8-6-21(30)27-23(13-28)7-9-29(14-23)22(31)17-4-5-19-20(11-17)26-15-25-19/h1-5,10-11,15H,6-9,12-14H2,(H,25,26)(H,27,30). The first kappa shape index (κ1) is 19.7. The normalized spacial score (nSPS) is 22.1. The Labute approximate surface area is 179 Å². The van der Waals surface area contributed by atoms with Crippen molar-refractivity contribution in [3.05, 3.63) is 65.7 Å². The SMILES string of the molecule is O=C1CCN(Cc2cccc(F)c2)CC2(CCN(C(=O)c3ccc4nc[nH]c4c3)C2)N1. The van der Waals surface area contributed by atoms with Crippen molar-refractivity contribution in [2.45, 2.75) is 24.9 Å². The van der Waals surface area contributed by atoms with Gasteiger partial charge in [0.05, 0.1) is 22.9 Å². The molecule has 1 unspecified atom stereocenters. The van der Waals surface area contributed by atoms with E-state index in [0.717, 1.165) is 16.6 Å². The van der Waals surface area contributed by atoms with E-state index in [9.17, 15) is 14.0 Å². The lowest BCUT2D eigenvalue weighted by molar-refractivity contribution is -0.122. The van der Waals surface area contributed by atoms with E-state index in [1.165, 1.54) is 12.1 Å². The number of imidazole rings is 1. The number of benzene rings is 2. The molecule has 1 spiro atoms.